The van der Waals surface area contributed by atoms with Gasteiger partial charge in [0.1, 0.15) is 5.92 Å². The number of amides is 1. The Labute approximate surface area is 149 Å². The van der Waals surface area contributed by atoms with E-state index in [1.807, 2.05) is 13.0 Å². The van der Waals surface area contributed by atoms with Crippen LogP contribution in [0.4, 0.5) is 13.2 Å². The van der Waals surface area contributed by atoms with Gasteiger partial charge in [-0.05, 0) is 31.4 Å². The third-order valence-corrected chi connectivity index (χ3v) is 4.46. The molecule has 1 amide bonds. The van der Waals surface area contributed by atoms with Crippen LogP contribution in [0.2, 0.25) is 0 Å². The Morgan fingerprint density at radius 3 is 2.69 bits per heavy atom. The van der Waals surface area contributed by atoms with Gasteiger partial charge in [0.15, 0.2) is 5.78 Å². The lowest BCUT2D eigenvalue weighted by Gasteiger charge is -2.32. The number of hydrogen-bond acceptors (Lipinski definition) is 4. The minimum atomic E-state index is -4.53. The molecule has 2 rings (SSSR count). The van der Waals surface area contributed by atoms with E-state index in [0.29, 0.717) is 38.4 Å². The first-order valence-corrected chi connectivity index (χ1v) is 8.52. The number of alkyl halides is 3. The van der Waals surface area contributed by atoms with Crippen LogP contribution in [0.1, 0.15) is 49.8 Å². The third-order valence-electron chi connectivity index (χ3n) is 4.46. The summed E-state index contributed by atoms with van der Waals surface area (Å²) in [5.41, 5.74) is -0.929. The fourth-order valence-corrected chi connectivity index (χ4v) is 3.06. The standard InChI is InChI=1S/C18H20F3N3O2/c1-2-4-16(25)24-8-3-5-12(11-24)17(26)14(9-22)15-7-6-13(10-23-15)18(19,20)21/h6-7,10,12,14H,2-5,8,11H2,1H3. The lowest BCUT2D eigenvalue weighted by Crippen LogP contribution is -2.43. The van der Waals surface area contributed by atoms with Crippen LogP contribution in [0.5, 0.6) is 0 Å². The van der Waals surface area contributed by atoms with Crippen LogP contribution in [-0.2, 0) is 15.8 Å². The number of rotatable bonds is 5. The van der Waals surface area contributed by atoms with Crippen LogP contribution >= 0.6 is 0 Å². The molecule has 0 aromatic carbocycles. The summed E-state index contributed by atoms with van der Waals surface area (Å²) in [5.74, 6) is -2.15. The number of ketones is 1. The number of pyridine rings is 1. The Morgan fingerprint density at radius 2 is 2.15 bits per heavy atom. The zero-order valence-corrected chi connectivity index (χ0v) is 14.4. The van der Waals surface area contributed by atoms with E-state index < -0.39 is 29.4 Å². The van der Waals surface area contributed by atoms with Crippen LogP contribution in [-0.4, -0.2) is 34.7 Å². The number of hydrogen-bond donors (Lipinski definition) is 0. The van der Waals surface area contributed by atoms with Gasteiger partial charge in [-0.3, -0.25) is 14.6 Å². The first-order chi connectivity index (χ1) is 12.3. The fourth-order valence-electron chi connectivity index (χ4n) is 3.06. The largest absolute Gasteiger partial charge is 0.417 e. The van der Waals surface area contributed by atoms with E-state index >= 15 is 0 Å². The van der Waals surface area contributed by atoms with Crippen molar-refractivity contribution in [1.82, 2.24) is 9.88 Å². The highest BCUT2D eigenvalue weighted by molar-refractivity contribution is 5.90. The van der Waals surface area contributed by atoms with Crippen molar-refractivity contribution in [3.8, 4) is 6.07 Å². The molecule has 0 saturated carbocycles. The van der Waals surface area contributed by atoms with Gasteiger partial charge in [-0.2, -0.15) is 18.4 Å². The monoisotopic (exact) mass is 367 g/mol. The zero-order valence-electron chi connectivity index (χ0n) is 14.4. The van der Waals surface area contributed by atoms with Gasteiger partial charge < -0.3 is 4.90 Å². The van der Waals surface area contributed by atoms with Crippen molar-refractivity contribution in [2.45, 2.75) is 44.7 Å². The number of nitrogens with zero attached hydrogens (tertiary/aromatic N) is 3. The Hall–Kier alpha value is -2.43. The van der Waals surface area contributed by atoms with Crippen molar-refractivity contribution in [2.24, 2.45) is 5.92 Å². The number of halogens is 3. The Kier molecular flexibility index (Phi) is 6.35. The second kappa shape index (κ2) is 8.30. The molecule has 26 heavy (non-hydrogen) atoms. The highest BCUT2D eigenvalue weighted by Gasteiger charge is 2.35. The minimum Gasteiger partial charge on any atom is -0.342 e. The SMILES string of the molecule is CCCC(=O)N1CCCC(C(=O)C(C#N)c2ccc(C(F)(F)F)cn2)C1. The molecule has 0 radical (unpaired) electrons. The molecule has 0 bridgehead atoms. The predicted octanol–water partition coefficient (Wildman–Crippen LogP) is 3.32. The van der Waals surface area contributed by atoms with Gasteiger partial charge in [0.25, 0.3) is 0 Å². The van der Waals surface area contributed by atoms with Crippen LogP contribution in [0.25, 0.3) is 0 Å². The molecule has 5 nitrogen and oxygen atoms in total. The van der Waals surface area contributed by atoms with E-state index in [1.54, 1.807) is 4.90 Å². The molecular formula is C18H20F3N3O2. The number of likely N-dealkylation sites (tertiary alicyclic amines) is 1. The van der Waals surface area contributed by atoms with Crippen molar-refractivity contribution in [1.29, 1.82) is 5.26 Å². The van der Waals surface area contributed by atoms with Gasteiger partial charge in [-0.15, -0.1) is 0 Å². The molecule has 8 heteroatoms. The summed E-state index contributed by atoms with van der Waals surface area (Å²) in [7, 11) is 0. The number of piperidine rings is 1. The van der Waals surface area contributed by atoms with E-state index in [0.717, 1.165) is 12.1 Å². The lowest BCUT2D eigenvalue weighted by molar-refractivity contribution is -0.138. The number of aromatic nitrogens is 1. The van der Waals surface area contributed by atoms with Crippen molar-refractivity contribution in [3.63, 3.8) is 0 Å². The average molecular weight is 367 g/mol. The molecule has 2 heterocycles. The highest BCUT2D eigenvalue weighted by Crippen LogP contribution is 2.30. The molecule has 2 atom stereocenters. The molecule has 1 aliphatic heterocycles. The van der Waals surface area contributed by atoms with Crippen molar-refractivity contribution in [3.05, 3.63) is 29.6 Å². The number of nitriles is 1. The summed E-state index contributed by atoms with van der Waals surface area (Å²) in [5, 5.41) is 9.36. The van der Waals surface area contributed by atoms with Gasteiger partial charge in [0.05, 0.1) is 17.3 Å². The molecule has 140 valence electrons. The second-order valence-corrected chi connectivity index (χ2v) is 6.36. The maximum Gasteiger partial charge on any atom is 0.417 e. The van der Waals surface area contributed by atoms with Crippen LogP contribution in [0.3, 0.4) is 0 Å². The van der Waals surface area contributed by atoms with Gasteiger partial charge in [0.2, 0.25) is 5.91 Å². The van der Waals surface area contributed by atoms with E-state index in [2.05, 4.69) is 4.98 Å². The number of carbonyl (C=O) groups excluding carboxylic acids is 2. The van der Waals surface area contributed by atoms with Crippen molar-refractivity contribution in [2.75, 3.05) is 13.1 Å². The molecule has 1 aromatic heterocycles. The second-order valence-electron chi connectivity index (χ2n) is 6.36. The van der Waals surface area contributed by atoms with Crippen LogP contribution < -0.4 is 0 Å². The van der Waals surface area contributed by atoms with Gasteiger partial charge >= 0.3 is 6.18 Å². The van der Waals surface area contributed by atoms with E-state index in [9.17, 15) is 28.0 Å². The summed E-state index contributed by atoms with van der Waals surface area (Å²) in [6, 6.07) is 3.73. The highest BCUT2D eigenvalue weighted by atomic mass is 19.4. The average Bonchev–Trinajstić information content (AvgIpc) is 2.62. The smallest absolute Gasteiger partial charge is 0.342 e. The predicted molar refractivity (Wildman–Crippen MR) is 86.8 cm³/mol. The topological polar surface area (TPSA) is 74.1 Å². The number of carbonyl (C=O) groups is 2. The van der Waals surface area contributed by atoms with Gasteiger partial charge in [-0.25, -0.2) is 0 Å². The first-order valence-electron chi connectivity index (χ1n) is 8.52. The fraction of sp³-hybridized carbons (Fsp3) is 0.556. The maximum atomic E-state index is 12.7. The summed E-state index contributed by atoms with van der Waals surface area (Å²) in [6.45, 7) is 2.72. The van der Waals surface area contributed by atoms with Crippen molar-refractivity contribution >= 4 is 11.7 Å². The third kappa shape index (κ3) is 4.59. The summed E-state index contributed by atoms with van der Waals surface area (Å²) in [4.78, 5) is 30.1. The van der Waals surface area contributed by atoms with Gasteiger partial charge in [0, 0.05) is 31.6 Å². The number of Topliss-reactive ketones (excluding diaryl/α,β-unsaturated/α-hetero) is 1. The minimum absolute atomic E-state index is 0.00232. The molecule has 0 aliphatic carbocycles. The molecule has 1 fully saturated rings. The molecule has 1 saturated heterocycles. The zero-order chi connectivity index (χ0) is 19.3. The Bertz CT molecular complexity index is 695. The molecule has 1 aliphatic rings. The summed E-state index contributed by atoms with van der Waals surface area (Å²) in [6.07, 6.45) is -1.57. The summed E-state index contributed by atoms with van der Waals surface area (Å²) >= 11 is 0. The molecule has 0 spiro atoms. The Morgan fingerprint density at radius 1 is 1.42 bits per heavy atom. The normalized spacial score (nSPS) is 18.9. The lowest BCUT2D eigenvalue weighted by atomic mass is 9.85. The van der Waals surface area contributed by atoms with Gasteiger partial charge in [-0.1, -0.05) is 6.92 Å². The summed E-state index contributed by atoms with van der Waals surface area (Å²) < 4.78 is 37.9. The molecule has 0 N–H and O–H groups in total. The van der Waals surface area contributed by atoms with E-state index in [-0.39, 0.29) is 18.1 Å². The van der Waals surface area contributed by atoms with Crippen LogP contribution in [0.15, 0.2) is 18.3 Å². The quantitative estimate of drug-likeness (QED) is 0.800. The first kappa shape index (κ1) is 19.9. The van der Waals surface area contributed by atoms with Crippen molar-refractivity contribution < 1.29 is 22.8 Å². The Balaban J connectivity index is 2.13. The van der Waals surface area contributed by atoms with Crippen LogP contribution in [0, 0.1) is 17.2 Å². The molecular weight excluding hydrogens is 347 g/mol. The maximum absolute atomic E-state index is 12.7. The van der Waals surface area contributed by atoms with E-state index in [1.165, 1.54) is 0 Å². The van der Waals surface area contributed by atoms with E-state index in [4.69, 9.17) is 0 Å². The molecule has 2 unspecified atom stereocenters. The molecule has 1 aromatic rings.